The average molecular weight is 967 g/mol. The number of hydrogen-bond donors (Lipinski definition) is 3. The molecule has 3 aromatic rings. The van der Waals surface area contributed by atoms with Gasteiger partial charge in [0.05, 0.1) is 28.8 Å². The fraction of sp³-hybridized carbons (Fsp3) is 0.746. The second-order valence-electron chi connectivity index (χ2n) is 27.8. The van der Waals surface area contributed by atoms with Crippen LogP contribution in [0, 0.1) is 56.7 Å². The monoisotopic (exact) mass is 967 g/mol. The van der Waals surface area contributed by atoms with Gasteiger partial charge in [-0.2, -0.15) is 0 Å². The molecule has 3 N–H and O–H groups in total. The number of carbonyl (C=O) groups excluding carboxylic acids is 2. The molecule has 0 radical (unpaired) electrons. The van der Waals surface area contributed by atoms with Crippen LogP contribution < -0.4 is 0 Å². The maximum absolute atomic E-state index is 15.5. The number of aliphatic hydroxyl groups excluding tert-OH is 2. The van der Waals surface area contributed by atoms with E-state index in [-0.39, 0.29) is 45.9 Å². The van der Waals surface area contributed by atoms with Crippen molar-refractivity contribution in [2.45, 2.75) is 226 Å². The molecule has 8 heteroatoms. The summed E-state index contributed by atoms with van der Waals surface area (Å²) in [5, 5.41) is 26.1. The first kappa shape index (κ1) is 47.7. The molecule has 8 nitrogen and oxygen atoms in total. The van der Waals surface area contributed by atoms with Gasteiger partial charge in [-0.3, -0.25) is 9.59 Å². The van der Waals surface area contributed by atoms with Crippen molar-refractivity contribution in [1.82, 2.24) is 9.55 Å². The second-order valence-corrected chi connectivity index (χ2v) is 27.8. The van der Waals surface area contributed by atoms with E-state index in [9.17, 15) is 15.0 Å². The number of aromatic nitrogens is 2. The van der Waals surface area contributed by atoms with Gasteiger partial charge in [0.1, 0.15) is 11.9 Å². The maximum Gasteiger partial charge on any atom is 0.160 e. The van der Waals surface area contributed by atoms with Crippen molar-refractivity contribution in [1.29, 1.82) is 0 Å². The van der Waals surface area contributed by atoms with E-state index in [2.05, 4.69) is 82.5 Å². The van der Waals surface area contributed by atoms with E-state index in [4.69, 9.17) is 9.47 Å². The quantitative estimate of drug-likeness (QED) is 0.203. The van der Waals surface area contributed by atoms with E-state index in [1.54, 1.807) is 16.7 Å². The molecule has 7 fully saturated rings. The lowest BCUT2D eigenvalue weighted by molar-refractivity contribution is -0.227. The predicted octanol–water partition coefficient (Wildman–Crippen LogP) is 12.4. The molecular weight excluding hydrogens is 881 g/mol. The molecule has 7 aliphatic carbocycles. The molecule has 71 heavy (non-hydrogen) atoms. The largest absolute Gasteiger partial charge is 0.392 e. The third-order valence-electron chi connectivity index (χ3n) is 24.0. The van der Waals surface area contributed by atoms with Crippen LogP contribution in [0.25, 0.3) is 11.0 Å². The Balaban J connectivity index is 0.952. The number of nitrogens with zero attached hydrogens (tertiary/aromatic N) is 1. The van der Waals surface area contributed by atoms with Crippen molar-refractivity contribution in [2.24, 2.45) is 56.7 Å². The van der Waals surface area contributed by atoms with Crippen molar-refractivity contribution in [3.05, 3.63) is 69.1 Å². The predicted molar refractivity (Wildman–Crippen MR) is 278 cm³/mol. The minimum Gasteiger partial charge on any atom is -0.392 e. The van der Waals surface area contributed by atoms with Gasteiger partial charge in [0, 0.05) is 73.7 Å². The van der Waals surface area contributed by atoms with Crippen molar-refractivity contribution >= 4 is 22.6 Å². The van der Waals surface area contributed by atoms with Crippen LogP contribution in [-0.2, 0) is 44.9 Å². The van der Waals surface area contributed by atoms with Crippen molar-refractivity contribution < 1.29 is 29.3 Å². The number of carbonyl (C=O) groups is 2. The number of ether oxygens (including phenoxy) is 2. The lowest BCUT2D eigenvalue weighted by Crippen LogP contribution is -2.68. The summed E-state index contributed by atoms with van der Waals surface area (Å²) in [6, 6.07) is 5.24. The number of fused-ring (bicyclic) bond motifs is 7. The smallest absolute Gasteiger partial charge is 0.160 e. The van der Waals surface area contributed by atoms with Gasteiger partial charge in [-0.25, -0.2) is 0 Å². The summed E-state index contributed by atoms with van der Waals surface area (Å²) in [5.74, 6) is 2.94. The SMILES string of the molecule is CC1(C)O[C@@H]1[C@H](O)C[C@]1(C)CCc2c[nH]c3c(Cc4cc(C5CCOCC5)c5c(c4)[C@H]4CCCC[C@H]4CC5)cn(c23)C[C@@H]2C3=C1C(=O)C[C@]3(C)[C@@]1(C)CC[C@@H]3[C@@](C)(CCC(=O)[C@@]3(C)C3CCCC3)[C@H]1[C@@H]2O. The molecule has 13 rings (SSSR count). The van der Waals surface area contributed by atoms with Crippen LogP contribution in [-0.4, -0.2) is 68.5 Å². The summed E-state index contributed by atoms with van der Waals surface area (Å²) in [6.07, 6.45) is 24.3. The molecule has 2 saturated heterocycles. The van der Waals surface area contributed by atoms with Crippen molar-refractivity contribution in [2.75, 3.05) is 13.2 Å². The van der Waals surface area contributed by atoms with Gasteiger partial charge < -0.3 is 29.2 Å². The van der Waals surface area contributed by atoms with E-state index >= 15 is 4.79 Å². The van der Waals surface area contributed by atoms with Crippen LogP contribution in [0.3, 0.4) is 0 Å². The Bertz CT molecular complexity index is 2680. The highest BCUT2D eigenvalue weighted by molar-refractivity contribution is 6.02. The van der Waals surface area contributed by atoms with Crippen molar-refractivity contribution in [3.8, 4) is 0 Å². The molecule has 0 amide bonds. The van der Waals surface area contributed by atoms with Crippen LogP contribution in [0.15, 0.2) is 35.7 Å². The summed E-state index contributed by atoms with van der Waals surface area (Å²) in [6.45, 7) is 18.4. The number of benzene rings is 1. The molecule has 384 valence electrons. The van der Waals surface area contributed by atoms with E-state index < -0.39 is 28.6 Å². The summed E-state index contributed by atoms with van der Waals surface area (Å²) < 4.78 is 14.6. The number of allylic oxidation sites excluding steroid dienone is 1. The third-order valence-corrected chi connectivity index (χ3v) is 24.0. The van der Waals surface area contributed by atoms with E-state index in [1.165, 1.54) is 84.7 Å². The molecule has 5 heterocycles. The average Bonchev–Trinajstić information content (AvgIpc) is 3.90. The molecule has 0 spiro atoms. The Morgan fingerprint density at radius 2 is 1.56 bits per heavy atom. The highest BCUT2D eigenvalue weighted by Crippen LogP contribution is 2.76. The summed E-state index contributed by atoms with van der Waals surface area (Å²) in [7, 11) is 0. The fourth-order valence-electron chi connectivity index (χ4n) is 20.3. The fourth-order valence-corrected chi connectivity index (χ4v) is 20.3. The zero-order valence-corrected chi connectivity index (χ0v) is 44.5. The van der Waals surface area contributed by atoms with Gasteiger partial charge in [-0.15, -0.1) is 0 Å². The molecule has 1 aromatic carbocycles. The Morgan fingerprint density at radius 1 is 0.831 bits per heavy atom. The number of ketones is 2. The molecular formula is C63H86N2O6. The van der Waals surface area contributed by atoms with Gasteiger partial charge in [0.2, 0.25) is 0 Å². The zero-order chi connectivity index (χ0) is 49.2. The standard InChI is InChI=1S/C63H86N2O6/c1-58(2)57(71-58)48(67)31-59(3)23-18-39-33-64-53-40(28-36-29-44(38-21-26-70-27-22-38)43-17-16-37-12-8-11-15-42(37)45(43)30-36)34-65(54(39)53)35-46-51-52(59)47(66)32-62(51,6)61(5)25-19-49-60(4,56(61)55(46)69)24-20-50(68)63(49,7)41-13-9-10-14-41/h29-30,33-34,37-38,41-42,46,48-49,55-57,64,67,69H,8-28,31-32,35H2,1-7H3/t37-,42-,46+,48+,49+,55+,56+,57+,59-,60+,61-,62-,63-/m0/s1. The summed E-state index contributed by atoms with van der Waals surface area (Å²) in [5.41, 5.74) is 10.9. The normalized spacial score (nSPS) is 41.6. The third kappa shape index (κ3) is 6.86. The van der Waals surface area contributed by atoms with E-state index in [0.29, 0.717) is 49.3 Å². The Morgan fingerprint density at radius 3 is 2.32 bits per heavy atom. The molecule has 0 unspecified atom stereocenters. The van der Waals surface area contributed by atoms with Crippen molar-refractivity contribution in [3.63, 3.8) is 0 Å². The van der Waals surface area contributed by atoms with Gasteiger partial charge in [-0.1, -0.05) is 72.4 Å². The van der Waals surface area contributed by atoms with Crippen LogP contribution in [0.5, 0.6) is 0 Å². The molecule has 0 bridgehead atoms. The van der Waals surface area contributed by atoms with E-state index in [0.717, 1.165) is 88.9 Å². The first-order valence-electron chi connectivity index (χ1n) is 29.2. The van der Waals surface area contributed by atoms with Crippen LogP contribution in [0.2, 0.25) is 0 Å². The maximum atomic E-state index is 15.5. The molecule has 10 aliphatic rings. The van der Waals surface area contributed by atoms with Crippen LogP contribution in [0.4, 0.5) is 0 Å². The Kier molecular flexibility index (Phi) is 11.1. The Labute approximate surface area is 424 Å². The lowest BCUT2D eigenvalue weighted by atomic mass is 9.33. The lowest BCUT2D eigenvalue weighted by Gasteiger charge is -2.70. The number of H-pyrrole nitrogens is 1. The first-order valence-corrected chi connectivity index (χ1v) is 29.2. The summed E-state index contributed by atoms with van der Waals surface area (Å²) >= 11 is 0. The number of aryl methyl sites for hydroxylation is 1. The van der Waals surface area contributed by atoms with Gasteiger partial charge >= 0.3 is 0 Å². The Hall–Kier alpha value is -3.04. The second kappa shape index (κ2) is 16.5. The highest BCUT2D eigenvalue weighted by atomic mass is 16.6. The summed E-state index contributed by atoms with van der Waals surface area (Å²) in [4.78, 5) is 33.9. The van der Waals surface area contributed by atoms with Crippen LogP contribution >= 0.6 is 0 Å². The number of aliphatic hydroxyl groups is 2. The first-order chi connectivity index (χ1) is 33.9. The van der Waals surface area contributed by atoms with Gasteiger partial charge in [0.25, 0.3) is 0 Å². The van der Waals surface area contributed by atoms with Gasteiger partial charge in [0.15, 0.2) is 5.78 Å². The topological polar surface area (TPSA) is 117 Å². The van der Waals surface area contributed by atoms with Crippen LogP contribution in [0.1, 0.15) is 209 Å². The number of hydrogen-bond acceptors (Lipinski definition) is 6. The number of aromatic amines is 1. The zero-order valence-electron chi connectivity index (χ0n) is 44.5. The molecule has 13 atom stereocenters. The molecule has 5 saturated carbocycles. The highest BCUT2D eigenvalue weighted by Gasteiger charge is 2.73. The van der Waals surface area contributed by atoms with Gasteiger partial charge in [-0.05, 0) is 194 Å². The molecule has 3 aliphatic heterocycles. The molecule has 2 aromatic heterocycles. The minimum atomic E-state index is -0.711. The minimum absolute atomic E-state index is 0.0761. The number of rotatable bonds is 7. The number of epoxide rings is 1. The number of Topliss-reactive ketones (excluding diaryl/α,β-unsaturated/α-hetero) is 2. The number of nitrogens with one attached hydrogen (secondary N) is 1. The van der Waals surface area contributed by atoms with E-state index in [1.807, 2.05) is 0 Å².